The summed E-state index contributed by atoms with van der Waals surface area (Å²) in [6.45, 7) is 4.69. The van der Waals surface area contributed by atoms with E-state index in [2.05, 4.69) is 15.0 Å². The lowest BCUT2D eigenvalue weighted by atomic mass is 9.77. The second kappa shape index (κ2) is 10.2. The van der Waals surface area contributed by atoms with Gasteiger partial charge in [-0.1, -0.05) is 12.1 Å². The van der Waals surface area contributed by atoms with Gasteiger partial charge in [-0.25, -0.2) is 9.37 Å². The number of fused-ring (bicyclic) bond motifs is 2. The molecule has 0 radical (unpaired) electrons. The zero-order valence-electron chi connectivity index (χ0n) is 22.5. The number of hydrogen-bond acceptors (Lipinski definition) is 11. The molecule has 3 aliphatic rings. The summed E-state index contributed by atoms with van der Waals surface area (Å²) in [6.07, 6.45) is -1.29. The normalized spacial score (nSPS) is 24.3. The Bertz CT molecular complexity index is 1560. The van der Waals surface area contributed by atoms with Crippen molar-refractivity contribution in [3.63, 3.8) is 0 Å². The average molecular weight is 588 g/mol. The number of anilines is 1. The Morgan fingerprint density at radius 2 is 1.80 bits per heavy atom. The Kier molecular flexibility index (Phi) is 6.81. The first-order valence-corrected chi connectivity index (χ1v) is 13.5. The lowest BCUT2D eigenvalue weighted by Gasteiger charge is -2.49. The maximum Gasteiger partial charge on any atom is 0.303 e. The molecule has 2 aromatic heterocycles. The van der Waals surface area contributed by atoms with E-state index in [1.165, 1.54) is 37.7 Å². The molecule has 14 heteroatoms. The number of carbonyl (C=O) groups is 3. The molecule has 4 heterocycles. The summed E-state index contributed by atoms with van der Waals surface area (Å²) in [7, 11) is 0. The molecule has 12 nitrogen and oxygen atoms in total. The van der Waals surface area contributed by atoms with Crippen LogP contribution in [-0.4, -0.2) is 75.4 Å². The van der Waals surface area contributed by atoms with Crippen molar-refractivity contribution in [2.45, 2.75) is 58.2 Å². The first-order valence-electron chi connectivity index (χ1n) is 13.1. The number of hydrogen-bond donors (Lipinski definition) is 0. The van der Waals surface area contributed by atoms with Crippen molar-refractivity contribution in [2.75, 3.05) is 24.6 Å². The molecule has 0 saturated carbocycles. The van der Waals surface area contributed by atoms with Gasteiger partial charge in [0.15, 0.2) is 35.4 Å². The van der Waals surface area contributed by atoms with E-state index in [1.807, 2.05) is 11.0 Å². The minimum absolute atomic E-state index is 0.0361. The largest absolute Gasteiger partial charge is 0.463 e. The molecule has 2 fully saturated rings. The number of aromatic nitrogens is 4. The highest BCUT2D eigenvalue weighted by molar-refractivity contribution is 6.28. The van der Waals surface area contributed by atoms with Gasteiger partial charge in [0.2, 0.25) is 5.28 Å². The smallest absolute Gasteiger partial charge is 0.303 e. The van der Waals surface area contributed by atoms with Gasteiger partial charge in [0.1, 0.15) is 18.5 Å². The molecule has 1 spiro atoms. The summed E-state index contributed by atoms with van der Waals surface area (Å²) in [4.78, 5) is 50.8. The molecular weight excluding hydrogens is 561 g/mol. The highest BCUT2D eigenvalue weighted by atomic mass is 35.5. The van der Waals surface area contributed by atoms with E-state index in [4.69, 9.17) is 30.5 Å². The third kappa shape index (κ3) is 4.97. The summed E-state index contributed by atoms with van der Waals surface area (Å²) < 4.78 is 38.2. The van der Waals surface area contributed by atoms with Gasteiger partial charge in [-0.2, -0.15) is 9.97 Å². The van der Waals surface area contributed by atoms with Crippen LogP contribution in [0.3, 0.4) is 0 Å². The molecule has 4 atom stereocenters. The van der Waals surface area contributed by atoms with Crippen molar-refractivity contribution in [2.24, 2.45) is 5.41 Å². The van der Waals surface area contributed by atoms with Crippen LogP contribution in [0, 0.1) is 11.2 Å². The number of benzene rings is 1. The summed E-state index contributed by atoms with van der Waals surface area (Å²) in [5, 5.41) is -0.0361. The van der Waals surface area contributed by atoms with Crippen LogP contribution in [-0.2, 0) is 46.2 Å². The molecule has 2 aliphatic heterocycles. The van der Waals surface area contributed by atoms with Crippen LogP contribution in [0.2, 0.25) is 5.28 Å². The van der Waals surface area contributed by atoms with Crippen LogP contribution in [0.4, 0.5) is 10.2 Å². The number of nitrogens with zero attached hydrogens (tertiary/aromatic N) is 5. The van der Waals surface area contributed by atoms with E-state index in [0.29, 0.717) is 36.5 Å². The van der Waals surface area contributed by atoms with Crippen molar-refractivity contribution in [1.82, 2.24) is 19.5 Å². The topological polar surface area (TPSA) is 135 Å². The maximum atomic E-state index is 14.4. The molecule has 6 rings (SSSR count). The average Bonchev–Trinajstić information content (AvgIpc) is 3.56. The molecule has 3 aromatic rings. The highest BCUT2D eigenvalue weighted by Gasteiger charge is 2.52. The van der Waals surface area contributed by atoms with E-state index < -0.39 is 42.4 Å². The van der Waals surface area contributed by atoms with E-state index >= 15 is 0 Å². The number of imidazole rings is 1. The lowest BCUT2D eigenvalue weighted by Crippen LogP contribution is -2.57. The molecule has 1 aromatic carbocycles. The first kappa shape index (κ1) is 27.3. The monoisotopic (exact) mass is 587 g/mol. The van der Waals surface area contributed by atoms with Crippen LogP contribution in [0.15, 0.2) is 24.5 Å². The van der Waals surface area contributed by atoms with Crippen molar-refractivity contribution in [3.05, 3.63) is 46.8 Å². The summed E-state index contributed by atoms with van der Waals surface area (Å²) in [5.41, 5.74) is 2.43. The minimum atomic E-state index is -1.11. The van der Waals surface area contributed by atoms with Crippen LogP contribution in [0.25, 0.3) is 11.2 Å². The number of carbonyl (C=O) groups excluding carboxylic acids is 3. The van der Waals surface area contributed by atoms with Crippen LogP contribution >= 0.6 is 11.6 Å². The predicted molar refractivity (Wildman–Crippen MR) is 140 cm³/mol. The second-order valence-electron chi connectivity index (χ2n) is 10.7. The van der Waals surface area contributed by atoms with E-state index in [-0.39, 0.29) is 23.1 Å². The maximum absolute atomic E-state index is 14.4. The SMILES string of the molecule is CC(=O)OC[C@H]1O[C@@H](n2cnc3c(N4CC5(Cc6cccc(F)c6C5)C4)nc(Cl)nc32)C(OC(C)=O)C1OC(C)=O. The van der Waals surface area contributed by atoms with Gasteiger partial charge in [-0.15, -0.1) is 0 Å². The quantitative estimate of drug-likeness (QED) is 0.239. The molecule has 2 unspecified atom stereocenters. The molecule has 2 saturated heterocycles. The zero-order chi connectivity index (χ0) is 29.1. The fourth-order valence-electron chi connectivity index (χ4n) is 6.14. The Morgan fingerprint density at radius 3 is 2.49 bits per heavy atom. The lowest BCUT2D eigenvalue weighted by molar-refractivity contribution is -0.166. The van der Waals surface area contributed by atoms with Crippen molar-refractivity contribution in [3.8, 4) is 0 Å². The van der Waals surface area contributed by atoms with Gasteiger partial charge in [-0.3, -0.25) is 19.0 Å². The van der Waals surface area contributed by atoms with Gasteiger partial charge in [0.05, 0.1) is 6.33 Å². The Morgan fingerprint density at radius 1 is 1.07 bits per heavy atom. The fraction of sp³-hybridized carbons (Fsp3) is 0.481. The summed E-state index contributed by atoms with van der Waals surface area (Å²) in [5.74, 6) is -1.49. The third-order valence-electron chi connectivity index (χ3n) is 7.68. The Hall–Kier alpha value is -3.84. The van der Waals surface area contributed by atoms with Gasteiger partial charge >= 0.3 is 17.9 Å². The van der Waals surface area contributed by atoms with Crippen LogP contribution in [0.5, 0.6) is 0 Å². The van der Waals surface area contributed by atoms with Crippen molar-refractivity contribution >= 4 is 46.5 Å². The summed E-state index contributed by atoms with van der Waals surface area (Å²) >= 11 is 6.37. The van der Waals surface area contributed by atoms with Crippen molar-refractivity contribution in [1.29, 1.82) is 0 Å². The number of halogens is 2. The third-order valence-corrected chi connectivity index (χ3v) is 7.84. The van der Waals surface area contributed by atoms with E-state index in [1.54, 1.807) is 6.07 Å². The van der Waals surface area contributed by atoms with E-state index in [0.717, 1.165) is 17.5 Å². The Balaban J connectivity index is 1.31. The second-order valence-corrected chi connectivity index (χ2v) is 11.1. The van der Waals surface area contributed by atoms with Gasteiger partial charge in [0, 0.05) is 39.3 Å². The molecule has 1 aliphatic carbocycles. The van der Waals surface area contributed by atoms with Crippen molar-refractivity contribution < 1.29 is 37.7 Å². The minimum Gasteiger partial charge on any atom is -0.463 e. The van der Waals surface area contributed by atoms with Crippen LogP contribution in [0.1, 0.15) is 38.1 Å². The number of rotatable bonds is 6. The van der Waals surface area contributed by atoms with Gasteiger partial charge < -0.3 is 23.8 Å². The molecular formula is C27H27ClFN5O7. The van der Waals surface area contributed by atoms with Gasteiger partial charge in [-0.05, 0) is 41.6 Å². The number of esters is 3. The standard InChI is InChI=1S/C27H27ClFN5O7/c1-13(35)38-9-19-21(39-14(2)36)22(40-15(3)37)25(41-19)34-12-30-20-23(31-26(28)32-24(20)34)33-10-27(11-33)7-16-5-4-6-18(29)17(16)8-27/h4-6,12,19,21-22,25H,7-11H2,1-3H3/t19-,21?,22?,25-/m1/s1. The predicted octanol–water partition coefficient (Wildman–Crippen LogP) is 2.55. The highest BCUT2D eigenvalue weighted by Crippen LogP contribution is 2.47. The zero-order valence-corrected chi connectivity index (χ0v) is 23.3. The molecule has 216 valence electrons. The Labute approximate surface area is 238 Å². The summed E-state index contributed by atoms with van der Waals surface area (Å²) in [6, 6.07) is 5.20. The number of ether oxygens (including phenoxy) is 4. The molecule has 0 bridgehead atoms. The van der Waals surface area contributed by atoms with Gasteiger partial charge in [0.25, 0.3) is 0 Å². The molecule has 0 N–H and O–H groups in total. The van der Waals surface area contributed by atoms with E-state index in [9.17, 15) is 18.8 Å². The van der Waals surface area contributed by atoms with Crippen LogP contribution < -0.4 is 4.90 Å². The fourth-order valence-corrected chi connectivity index (χ4v) is 6.30. The first-order chi connectivity index (χ1) is 19.5. The molecule has 41 heavy (non-hydrogen) atoms. The molecule has 0 amide bonds.